The molecule has 2 atom stereocenters. The normalized spacial score (nSPS) is 26.9. The summed E-state index contributed by atoms with van der Waals surface area (Å²) in [5.74, 6) is 2.38. The molecule has 1 aromatic carbocycles. The monoisotopic (exact) mass is 306 g/mol. The molecule has 0 saturated carbocycles. The van der Waals surface area contributed by atoms with Crippen molar-refractivity contribution in [3.63, 3.8) is 0 Å². The van der Waals surface area contributed by atoms with E-state index in [9.17, 15) is 0 Å². The van der Waals surface area contributed by atoms with Gasteiger partial charge in [0.15, 0.2) is 0 Å². The summed E-state index contributed by atoms with van der Waals surface area (Å²) >= 11 is 2.05. The van der Waals surface area contributed by atoms with Crippen LogP contribution >= 0.6 is 11.8 Å². The van der Waals surface area contributed by atoms with Gasteiger partial charge in [-0.2, -0.15) is 11.8 Å². The fourth-order valence-electron chi connectivity index (χ4n) is 3.27. The van der Waals surface area contributed by atoms with Crippen LogP contribution in [0.2, 0.25) is 0 Å². The molecule has 0 aromatic heterocycles. The summed E-state index contributed by atoms with van der Waals surface area (Å²) in [6, 6.07) is 11.4. The average Bonchev–Trinajstić information content (AvgIpc) is 2.92. The minimum atomic E-state index is 0.445. The SMILES string of the molecule is CN1CCO[C@H]2CN(CCCSCc3ccccc3)C[C@H]21. The van der Waals surface area contributed by atoms with Crippen molar-refractivity contribution in [2.75, 3.05) is 45.6 Å². The Labute approximate surface area is 132 Å². The molecular formula is C17H26N2OS. The number of ether oxygens (including phenoxy) is 1. The van der Waals surface area contributed by atoms with E-state index in [4.69, 9.17) is 4.74 Å². The highest BCUT2D eigenvalue weighted by Crippen LogP contribution is 2.22. The standard InChI is InChI=1S/C17H26N2OS/c1-18-9-10-20-17-13-19(12-16(17)18)8-5-11-21-14-15-6-3-2-4-7-15/h2-4,6-7,16-17H,5,8-14H2,1H3/t16-,17+/m1/s1. The fourth-order valence-corrected chi connectivity index (χ4v) is 4.18. The highest BCUT2D eigenvalue weighted by Gasteiger charge is 2.37. The van der Waals surface area contributed by atoms with Crippen molar-refractivity contribution in [1.82, 2.24) is 9.80 Å². The predicted molar refractivity (Wildman–Crippen MR) is 89.8 cm³/mol. The molecule has 0 N–H and O–H groups in total. The van der Waals surface area contributed by atoms with Crippen LogP contribution in [-0.4, -0.2) is 67.5 Å². The molecule has 0 spiro atoms. The van der Waals surface area contributed by atoms with Crippen molar-refractivity contribution in [3.8, 4) is 0 Å². The molecule has 0 aliphatic carbocycles. The van der Waals surface area contributed by atoms with Gasteiger partial charge in [-0.3, -0.25) is 9.80 Å². The maximum atomic E-state index is 5.90. The molecule has 1 aromatic rings. The van der Waals surface area contributed by atoms with E-state index in [0.29, 0.717) is 12.1 Å². The zero-order valence-corrected chi connectivity index (χ0v) is 13.7. The minimum Gasteiger partial charge on any atom is -0.374 e. The van der Waals surface area contributed by atoms with E-state index in [-0.39, 0.29) is 0 Å². The van der Waals surface area contributed by atoms with Crippen LogP contribution in [0, 0.1) is 0 Å². The van der Waals surface area contributed by atoms with Gasteiger partial charge in [0.2, 0.25) is 0 Å². The maximum Gasteiger partial charge on any atom is 0.0869 e. The predicted octanol–water partition coefficient (Wildman–Crippen LogP) is 2.32. The molecule has 2 saturated heterocycles. The van der Waals surface area contributed by atoms with Gasteiger partial charge in [-0.1, -0.05) is 30.3 Å². The number of thioether (sulfide) groups is 1. The molecule has 0 radical (unpaired) electrons. The molecule has 2 heterocycles. The first-order chi connectivity index (χ1) is 10.3. The summed E-state index contributed by atoms with van der Waals surface area (Å²) in [5, 5.41) is 0. The first-order valence-corrected chi connectivity index (χ1v) is 9.14. The van der Waals surface area contributed by atoms with Crippen LogP contribution in [0.1, 0.15) is 12.0 Å². The number of likely N-dealkylation sites (N-methyl/N-ethyl adjacent to an activating group) is 1. The molecule has 4 heteroatoms. The number of hydrogen-bond acceptors (Lipinski definition) is 4. The van der Waals surface area contributed by atoms with E-state index in [1.807, 2.05) is 11.8 Å². The first kappa shape index (κ1) is 15.3. The van der Waals surface area contributed by atoms with Crippen LogP contribution in [0.15, 0.2) is 30.3 Å². The van der Waals surface area contributed by atoms with E-state index >= 15 is 0 Å². The van der Waals surface area contributed by atoms with Gasteiger partial charge >= 0.3 is 0 Å². The van der Waals surface area contributed by atoms with Gasteiger partial charge in [-0.15, -0.1) is 0 Å². The van der Waals surface area contributed by atoms with Crippen molar-refractivity contribution >= 4 is 11.8 Å². The zero-order chi connectivity index (χ0) is 14.5. The molecule has 2 fully saturated rings. The summed E-state index contributed by atoms with van der Waals surface area (Å²) in [5.41, 5.74) is 1.43. The molecule has 0 bridgehead atoms. The van der Waals surface area contributed by atoms with Gasteiger partial charge in [0, 0.05) is 31.4 Å². The van der Waals surface area contributed by atoms with Gasteiger partial charge in [0.25, 0.3) is 0 Å². The molecule has 0 unspecified atom stereocenters. The largest absolute Gasteiger partial charge is 0.374 e. The number of rotatable bonds is 6. The number of nitrogens with zero attached hydrogens (tertiary/aromatic N) is 2. The Balaban J connectivity index is 1.31. The Hall–Kier alpha value is -0.550. The lowest BCUT2D eigenvalue weighted by molar-refractivity contribution is -0.0369. The summed E-state index contributed by atoms with van der Waals surface area (Å²) in [7, 11) is 2.24. The second-order valence-corrected chi connectivity index (χ2v) is 7.21. The van der Waals surface area contributed by atoms with Gasteiger partial charge in [-0.25, -0.2) is 0 Å². The summed E-state index contributed by atoms with van der Waals surface area (Å²) in [4.78, 5) is 5.05. The molecule has 3 rings (SSSR count). The molecule has 3 nitrogen and oxygen atoms in total. The summed E-state index contributed by atoms with van der Waals surface area (Å²) < 4.78 is 5.90. The minimum absolute atomic E-state index is 0.445. The Kier molecular flexibility index (Phi) is 5.58. The lowest BCUT2D eigenvalue weighted by atomic mass is 10.1. The third-order valence-electron chi connectivity index (χ3n) is 4.53. The van der Waals surface area contributed by atoms with Crippen LogP contribution in [0.5, 0.6) is 0 Å². The smallest absolute Gasteiger partial charge is 0.0869 e. The fraction of sp³-hybridized carbons (Fsp3) is 0.647. The van der Waals surface area contributed by atoms with Crippen LogP contribution in [-0.2, 0) is 10.5 Å². The van der Waals surface area contributed by atoms with Gasteiger partial charge in [0.05, 0.1) is 12.7 Å². The molecule has 116 valence electrons. The summed E-state index contributed by atoms with van der Waals surface area (Å²) in [6.45, 7) is 5.51. The van der Waals surface area contributed by atoms with Crippen molar-refractivity contribution < 1.29 is 4.74 Å². The lowest BCUT2D eigenvalue weighted by Gasteiger charge is -2.33. The third-order valence-corrected chi connectivity index (χ3v) is 5.64. The van der Waals surface area contributed by atoms with Crippen molar-refractivity contribution in [2.45, 2.75) is 24.3 Å². The highest BCUT2D eigenvalue weighted by atomic mass is 32.2. The van der Waals surface area contributed by atoms with Crippen molar-refractivity contribution in [2.24, 2.45) is 0 Å². The van der Waals surface area contributed by atoms with E-state index in [0.717, 1.165) is 25.4 Å². The zero-order valence-electron chi connectivity index (χ0n) is 12.9. The Morgan fingerprint density at radius 2 is 2.10 bits per heavy atom. The molecule has 21 heavy (non-hydrogen) atoms. The third kappa shape index (κ3) is 4.22. The molecular weight excluding hydrogens is 280 g/mol. The van der Waals surface area contributed by atoms with Crippen molar-refractivity contribution in [3.05, 3.63) is 35.9 Å². The first-order valence-electron chi connectivity index (χ1n) is 7.99. The number of hydrogen-bond donors (Lipinski definition) is 0. The maximum absolute atomic E-state index is 5.90. The Morgan fingerprint density at radius 3 is 2.90 bits per heavy atom. The summed E-state index contributed by atoms with van der Waals surface area (Å²) in [6.07, 6.45) is 1.72. The number of morpholine rings is 1. The van der Waals surface area contributed by atoms with Crippen LogP contribution < -0.4 is 0 Å². The second kappa shape index (κ2) is 7.63. The van der Waals surface area contributed by atoms with E-state index in [2.05, 4.69) is 47.2 Å². The average molecular weight is 306 g/mol. The number of fused-ring (bicyclic) bond motifs is 1. The topological polar surface area (TPSA) is 15.7 Å². The van der Waals surface area contributed by atoms with Gasteiger partial charge < -0.3 is 4.74 Å². The van der Waals surface area contributed by atoms with Crippen LogP contribution in [0.3, 0.4) is 0 Å². The molecule has 0 amide bonds. The highest BCUT2D eigenvalue weighted by molar-refractivity contribution is 7.98. The van der Waals surface area contributed by atoms with Crippen molar-refractivity contribution in [1.29, 1.82) is 0 Å². The van der Waals surface area contributed by atoms with E-state index < -0.39 is 0 Å². The van der Waals surface area contributed by atoms with Gasteiger partial charge in [-0.05, 0) is 31.3 Å². The van der Waals surface area contributed by atoms with Crippen LogP contribution in [0.4, 0.5) is 0 Å². The van der Waals surface area contributed by atoms with E-state index in [1.165, 1.54) is 30.8 Å². The number of likely N-dealkylation sites (tertiary alicyclic amines) is 1. The van der Waals surface area contributed by atoms with Crippen LogP contribution in [0.25, 0.3) is 0 Å². The van der Waals surface area contributed by atoms with E-state index in [1.54, 1.807) is 0 Å². The lowest BCUT2D eigenvalue weighted by Crippen LogP contribution is -2.48. The van der Waals surface area contributed by atoms with Gasteiger partial charge in [0.1, 0.15) is 0 Å². The second-order valence-electron chi connectivity index (χ2n) is 6.11. The number of benzene rings is 1. The Bertz CT molecular complexity index is 428. The Morgan fingerprint density at radius 1 is 1.24 bits per heavy atom. The molecule has 2 aliphatic heterocycles. The quantitative estimate of drug-likeness (QED) is 0.749. The molecule has 2 aliphatic rings.